The third-order valence-corrected chi connectivity index (χ3v) is 0. The van der Waals surface area contributed by atoms with Crippen LogP contribution >= 0.6 is 0 Å². The van der Waals surface area contributed by atoms with Gasteiger partial charge >= 0.3 is 103 Å². The van der Waals surface area contributed by atoms with E-state index in [4.69, 9.17) is 0 Å². The normalized spacial score (nSPS) is 0. The molecule has 0 saturated carbocycles. The van der Waals surface area contributed by atoms with Crippen LogP contribution in [0.4, 0.5) is 0 Å². The molecule has 8 N–H and O–H groups in total. The molecule has 0 aliphatic heterocycles. The van der Waals surface area contributed by atoms with Crippen LogP contribution in [0.5, 0.6) is 0 Å². The summed E-state index contributed by atoms with van der Waals surface area (Å²) in [7, 11) is 0. The van der Waals surface area contributed by atoms with Crippen LogP contribution in [0.1, 0.15) is 0 Å². The quantitative estimate of drug-likeness (QED) is 0.390. The summed E-state index contributed by atoms with van der Waals surface area (Å²) in [5.74, 6) is 0. The first-order valence-corrected chi connectivity index (χ1v) is 0. The van der Waals surface area contributed by atoms with Gasteiger partial charge in [0, 0.05) is 21.1 Å². The Bertz CT molecular complexity index is 9.65. The van der Waals surface area contributed by atoms with E-state index in [-0.39, 0.29) is 146 Å². The summed E-state index contributed by atoms with van der Waals surface area (Å²) in [6.07, 6.45) is 0. The fourth-order valence-electron chi connectivity index (χ4n) is 0. The third-order valence-electron chi connectivity index (χ3n) is 0. The average molecular weight is 334 g/mol. The maximum atomic E-state index is 0. The molecule has 0 amide bonds. The van der Waals surface area contributed by atoms with Crippen LogP contribution in [0.3, 0.4) is 0 Å². The summed E-state index contributed by atoms with van der Waals surface area (Å²) < 4.78 is 0. The van der Waals surface area contributed by atoms with Gasteiger partial charge in [0.2, 0.25) is 0 Å². The van der Waals surface area contributed by atoms with E-state index in [0.717, 1.165) is 0 Å². The first-order valence-electron chi connectivity index (χ1n) is 0. The molecule has 38 valence electrons. The van der Waals surface area contributed by atoms with E-state index >= 15 is 0 Å². The zero-order valence-electron chi connectivity index (χ0n) is 4.41. The molecule has 0 saturated heterocycles. The second kappa shape index (κ2) is 52.5. The fraction of sp³-hybridized carbons (Fsp3) is 0. The average Bonchev–Trinajstić information content (AvgIpc) is 0. The van der Waals surface area contributed by atoms with Gasteiger partial charge in [0.15, 0.2) is 0 Å². The molecule has 0 radical (unpaired) electrons. The van der Waals surface area contributed by atoms with Gasteiger partial charge in [0.25, 0.3) is 0 Å². The number of hydrogen-bond donors (Lipinski definition) is 0. The van der Waals surface area contributed by atoms with E-state index in [1.54, 1.807) is 0 Å². The van der Waals surface area contributed by atoms with Crippen molar-refractivity contribution < 1.29 is 146 Å². The van der Waals surface area contributed by atoms with E-state index in [1.165, 1.54) is 0 Å². The zero-order valence-corrected chi connectivity index (χ0v) is 13.6. The molecule has 0 spiro atoms. The van der Waals surface area contributed by atoms with Crippen molar-refractivity contribution in [2.45, 2.75) is 0 Å². The number of hydrogen-bond acceptors (Lipinski definition) is 0. The van der Waals surface area contributed by atoms with E-state index < -0.39 is 0 Å². The molecule has 0 unspecified atom stereocenters. The van der Waals surface area contributed by atoms with Gasteiger partial charge in [-0.1, -0.05) is 0 Å². The van der Waals surface area contributed by atoms with Crippen LogP contribution in [0.15, 0.2) is 0 Å². The molecule has 7 heavy (non-hydrogen) atoms. The third kappa shape index (κ3) is 41.3. The molecule has 0 bridgehead atoms. The predicted octanol–water partition coefficient (Wildman–Crippen LogP) is -9.29. The Balaban J connectivity index is 0. The molecule has 0 aromatic heterocycles. The van der Waals surface area contributed by atoms with Crippen molar-refractivity contribution in [2.75, 3.05) is 0 Å². The van der Waals surface area contributed by atoms with Crippen molar-refractivity contribution in [3.8, 4) is 0 Å². The largest absolute Gasteiger partial charge is 1.00 e. The fourth-order valence-corrected chi connectivity index (χ4v) is 0. The van der Waals surface area contributed by atoms with E-state index in [0.29, 0.717) is 0 Å². The summed E-state index contributed by atoms with van der Waals surface area (Å²) >= 11 is 0. The molecule has 0 aliphatic rings. The van der Waals surface area contributed by atoms with Crippen molar-refractivity contribution >= 4 is 0 Å². The minimum atomic E-state index is 0. The van der Waals surface area contributed by atoms with Crippen LogP contribution in [0.2, 0.25) is 0 Å². The van der Waals surface area contributed by atoms with Crippen molar-refractivity contribution in [3.63, 3.8) is 0 Å². The SMILES string of the molecule is O.O.O.O.[K+].[K+].[W]. The van der Waals surface area contributed by atoms with Crippen LogP contribution in [-0.2, 0) is 21.1 Å². The molecule has 7 heteroatoms. The van der Waals surface area contributed by atoms with E-state index in [9.17, 15) is 0 Å². The van der Waals surface area contributed by atoms with Gasteiger partial charge in [-0.15, -0.1) is 0 Å². The van der Waals surface area contributed by atoms with E-state index in [1.807, 2.05) is 0 Å². The van der Waals surface area contributed by atoms with Crippen LogP contribution in [0.25, 0.3) is 0 Å². The van der Waals surface area contributed by atoms with Crippen molar-refractivity contribution in [2.24, 2.45) is 0 Å². The van der Waals surface area contributed by atoms with Crippen LogP contribution < -0.4 is 103 Å². The monoisotopic (exact) mass is 334 g/mol. The Hall–Kier alpha value is 3.80. The van der Waals surface area contributed by atoms with Gasteiger partial charge in [-0.3, -0.25) is 0 Å². The Morgan fingerprint density at radius 1 is 0.429 bits per heavy atom. The van der Waals surface area contributed by atoms with Gasteiger partial charge in [-0.25, -0.2) is 0 Å². The molecule has 0 heterocycles. The predicted molar refractivity (Wildman–Crippen MR) is 14.5 cm³/mol. The Kier molecular flexibility index (Phi) is 539. The molecular weight excluding hydrogens is 326 g/mol. The minimum absolute atomic E-state index is 0. The number of rotatable bonds is 0. The minimum Gasteiger partial charge on any atom is -0.412 e. The molecule has 0 aromatic carbocycles. The second-order valence-electron chi connectivity index (χ2n) is 0. The Labute approximate surface area is 142 Å². The van der Waals surface area contributed by atoms with Gasteiger partial charge in [0.1, 0.15) is 0 Å². The van der Waals surface area contributed by atoms with Crippen LogP contribution in [-0.4, -0.2) is 21.9 Å². The summed E-state index contributed by atoms with van der Waals surface area (Å²) in [6, 6.07) is 0. The van der Waals surface area contributed by atoms with Gasteiger partial charge in [-0.05, 0) is 0 Å². The van der Waals surface area contributed by atoms with Crippen LogP contribution in [0, 0.1) is 0 Å². The summed E-state index contributed by atoms with van der Waals surface area (Å²) in [4.78, 5) is 0. The first kappa shape index (κ1) is 71.8. The molecule has 0 aliphatic carbocycles. The topological polar surface area (TPSA) is 126 Å². The Morgan fingerprint density at radius 2 is 0.429 bits per heavy atom. The van der Waals surface area contributed by atoms with E-state index in [2.05, 4.69) is 0 Å². The van der Waals surface area contributed by atoms with Gasteiger partial charge in [-0.2, -0.15) is 0 Å². The maximum absolute atomic E-state index is 0. The van der Waals surface area contributed by atoms with Gasteiger partial charge < -0.3 is 21.9 Å². The smallest absolute Gasteiger partial charge is 0.412 e. The molecule has 4 nitrogen and oxygen atoms in total. The summed E-state index contributed by atoms with van der Waals surface area (Å²) in [5, 5.41) is 0. The summed E-state index contributed by atoms with van der Waals surface area (Å²) in [6.45, 7) is 0. The molecule has 0 atom stereocenters. The van der Waals surface area contributed by atoms with Crippen molar-refractivity contribution in [1.29, 1.82) is 0 Å². The van der Waals surface area contributed by atoms with Crippen molar-refractivity contribution in [3.05, 3.63) is 0 Å². The molecule has 0 aromatic rings. The first-order chi connectivity index (χ1) is 0. The van der Waals surface area contributed by atoms with Gasteiger partial charge in [0.05, 0.1) is 0 Å². The van der Waals surface area contributed by atoms with Crippen molar-refractivity contribution in [1.82, 2.24) is 0 Å². The molecule has 0 rings (SSSR count). The molecular formula is H8K2O4W+2. The zero-order chi connectivity index (χ0) is 0. The standard InChI is InChI=1S/2K.4H2O.W/h;;4*1H2;/q2*+1;;;;;. The second-order valence-corrected chi connectivity index (χ2v) is 0. The molecule has 0 fully saturated rings. The Morgan fingerprint density at radius 3 is 0.429 bits per heavy atom. The summed E-state index contributed by atoms with van der Waals surface area (Å²) in [5.41, 5.74) is 0. The maximum Gasteiger partial charge on any atom is 1.00 e.